The number of aromatic nitrogens is 1. The number of nitrogens with one attached hydrogen (secondary N) is 1. The average Bonchev–Trinajstić information content (AvgIpc) is 3.01. The van der Waals surface area contributed by atoms with E-state index >= 15 is 0 Å². The number of carbonyl (C=O) groups excluding carboxylic acids is 1. The van der Waals surface area contributed by atoms with Crippen molar-refractivity contribution in [2.45, 2.75) is 19.8 Å². The van der Waals surface area contributed by atoms with Crippen molar-refractivity contribution in [2.75, 3.05) is 18.4 Å². The van der Waals surface area contributed by atoms with Crippen molar-refractivity contribution < 1.29 is 4.79 Å². The van der Waals surface area contributed by atoms with Gasteiger partial charge in [-0.2, -0.15) is 0 Å². The van der Waals surface area contributed by atoms with Crippen molar-refractivity contribution >= 4 is 17.4 Å². The molecule has 4 heteroatoms. The molecule has 0 aliphatic carbocycles. The molecule has 1 saturated heterocycles. The maximum Gasteiger partial charge on any atom is 0.257 e. The standard InChI is InChI=1S/C17H19N3O/c1-13-6-4-7-14(12-13)19-16-15(8-5-9-18-16)17(21)20-10-2-3-11-20/h4-9,12H,2-3,10-11H2,1H3,(H,18,19). The molecule has 2 heterocycles. The van der Waals surface area contributed by atoms with E-state index in [4.69, 9.17) is 0 Å². The van der Waals surface area contributed by atoms with Crippen molar-refractivity contribution in [1.29, 1.82) is 0 Å². The van der Waals surface area contributed by atoms with Gasteiger partial charge in [0.15, 0.2) is 0 Å². The topological polar surface area (TPSA) is 45.2 Å². The van der Waals surface area contributed by atoms with Gasteiger partial charge in [0.1, 0.15) is 5.82 Å². The first-order chi connectivity index (χ1) is 10.2. The van der Waals surface area contributed by atoms with E-state index in [0.717, 1.165) is 31.6 Å². The summed E-state index contributed by atoms with van der Waals surface area (Å²) in [4.78, 5) is 18.8. The Morgan fingerprint density at radius 3 is 2.76 bits per heavy atom. The highest BCUT2D eigenvalue weighted by Crippen LogP contribution is 2.22. The van der Waals surface area contributed by atoms with Gasteiger partial charge in [-0.1, -0.05) is 12.1 Å². The predicted molar refractivity (Wildman–Crippen MR) is 83.8 cm³/mol. The van der Waals surface area contributed by atoms with Crippen LogP contribution in [0.3, 0.4) is 0 Å². The van der Waals surface area contributed by atoms with Gasteiger partial charge in [-0.3, -0.25) is 4.79 Å². The molecule has 1 aromatic carbocycles. The van der Waals surface area contributed by atoms with Crippen LogP contribution in [0.25, 0.3) is 0 Å². The smallest absolute Gasteiger partial charge is 0.257 e. The van der Waals surface area contributed by atoms with Crippen LogP contribution in [-0.4, -0.2) is 28.9 Å². The summed E-state index contributed by atoms with van der Waals surface area (Å²) in [6.07, 6.45) is 3.89. The largest absolute Gasteiger partial charge is 0.340 e. The van der Waals surface area contributed by atoms with Gasteiger partial charge in [0.25, 0.3) is 5.91 Å². The van der Waals surface area contributed by atoms with Crippen LogP contribution in [0.1, 0.15) is 28.8 Å². The number of pyridine rings is 1. The number of hydrogen-bond donors (Lipinski definition) is 1. The first kappa shape index (κ1) is 13.6. The Hall–Kier alpha value is -2.36. The lowest BCUT2D eigenvalue weighted by atomic mass is 10.2. The van der Waals surface area contributed by atoms with Gasteiger partial charge in [-0.05, 0) is 49.6 Å². The molecule has 0 atom stereocenters. The summed E-state index contributed by atoms with van der Waals surface area (Å²) in [7, 11) is 0. The molecule has 3 rings (SSSR count). The number of likely N-dealkylation sites (tertiary alicyclic amines) is 1. The molecule has 0 spiro atoms. The molecule has 1 fully saturated rings. The van der Waals surface area contributed by atoms with Crippen molar-refractivity contribution in [3.63, 3.8) is 0 Å². The summed E-state index contributed by atoms with van der Waals surface area (Å²) in [5.74, 6) is 0.691. The normalized spacial score (nSPS) is 14.2. The molecule has 0 saturated carbocycles. The van der Waals surface area contributed by atoms with Crippen LogP contribution >= 0.6 is 0 Å². The zero-order valence-corrected chi connectivity index (χ0v) is 12.2. The fourth-order valence-electron chi connectivity index (χ4n) is 2.63. The molecule has 1 amide bonds. The molecule has 1 aromatic heterocycles. The van der Waals surface area contributed by atoms with Crippen LogP contribution in [0.2, 0.25) is 0 Å². The van der Waals surface area contributed by atoms with Crippen molar-refractivity contribution in [2.24, 2.45) is 0 Å². The Bertz CT molecular complexity index is 648. The maximum absolute atomic E-state index is 12.6. The lowest BCUT2D eigenvalue weighted by Gasteiger charge is -2.17. The Morgan fingerprint density at radius 1 is 1.19 bits per heavy atom. The van der Waals surface area contributed by atoms with Crippen LogP contribution in [0.4, 0.5) is 11.5 Å². The Kier molecular flexibility index (Phi) is 3.86. The van der Waals surface area contributed by atoms with E-state index in [0.29, 0.717) is 11.4 Å². The monoisotopic (exact) mass is 281 g/mol. The lowest BCUT2D eigenvalue weighted by Crippen LogP contribution is -2.28. The molecule has 21 heavy (non-hydrogen) atoms. The fourth-order valence-corrected chi connectivity index (χ4v) is 2.63. The molecule has 1 aliphatic rings. The summed E-state index contributed by atoms with van der Waals surface area (Å²) in [6, 6.07) is 11.7. The summed E-state index contributed by atoms with van der Waals surface area (Å²) >= 11 is 0. The SMILES string of the molecule is Cc1cccc(Nc2ncccc2C(=O)N2CCCC2)c1. The number of anilines is 2. The number of nitrogens with zero attached hydrogens (tertiary/aromatic N) is 2. The highest BCUT2D eigenvalue weighted by atomic mass is 16.2. The third-order valence-electron chi connectivity index (χ3n) is 3.71. The number of hydrogen-bond acceptors (Lipinski definition) is 3. The van der Waals surface area contributed by atoms with E-state index in [-0.39, 0.29) is 5.91 Å². The Labute approximate surface area is 124 Å². The third kappa shape index (κ3) is 3.05. The van der Waals surface area contributed by atoms with Crippen molar-refractivity contribution in [3.8, 4) is 0 Å². The molecule has 0 unspecified atom stereocenters. The van der Waals surface area contributed by atoms with Crippen molar-refractivity contribution in [1.82, 2.24) is 9.88 Å². The van der Waals surface area contributed by atoms with Gasteiger partial charge in [0.2, 0.25) is 0 Å². The van der Waals surface area contributed by atoms with Crippen molar-refractivity contribution in [3.05, 3.63) is 53.7 Å². The third-order valence-corrected chi connectivity index (χ3v) is 3.71. The molecule has 1 aliphatic heterocycles. The number of amides is 1. The van der Waals surface area contributed by atoms with E-state index in [9.17, 15) is 4.79 Å². The minimum absolute atomic E-state index is 0.0655. The summed E-state index contributed by atoms with van der Waals surface area (Å²) in [5.41, 5.74) is 2.76. The molecular weight excluding hydrogens is 262 g/mol. The van der Waals surface area contributed by atoms with E-state index in [2.05, 4.69) is 10.3 Å². The van der Waals surface area contributed by atoms with Crippen LogP contribution in [0.5, 0.6) is 0 Å². The van der Waals surface area contributed by atoms with E-state index < -0.39 is 0 Å². The second-order valence-corrected chi connectivity index (χ2v) is 5.39. The van der Waals surface area contributed by atoms with Gasteiger partial charge in [-0.25, -0.2) is 4.98 Å². The van der Waals surface area contributed by atoms with Gasteiger partial charge in [0.05, 0.1) is 5.56 Å². The minimum atomic E-state index is 0.0655. The van der Waals surface area contributed by atoms with Crippen LogP contribution < -0.4 is 5.32 Å². The number of aryl methyl sites for hydroxylation is 1. The second kappa shape index (κ2) is 5.95. The number of rotatable bonds is 3. The van der Waals surface area contributed by atoms with Crippen LogP contribution in [-0.2, 0) is 0 Å². The van der Waals surface area contributed by atoms with Gasteiger partial charge >= 0.3 is 0 Å². The van der Waals surface area contributed by atoms with E-state index in [1.54, 1.807) is 6.20 Å². The molecule has 108 valence electrons. The zero-order valence-electron chi connectivity index (χ0n) is 12.2. The molecule has 1 N–H and O–H groups in total. The Morgan fingerprint density at radius 2 is 2.00 bits per heavy atom. The van der Waals surface area contributed by atoms with Crippen LogP contribution in [0, 0.1) is 6.92 Å². The maximum atomic E-state index is 12.6. The number of benzene rings is 1. The van der Waals surface area contributed by atoms with Gasteiger partial charge < -0.3 is 10.2 Å². The summed E-state index contributed by atoms with van der Waals surface area (Å²) in [5, 5.41) is 3.26. The molecule has 2 aromatic rings. The second-order valence-electron chi connectivity index (χ2n) is 5.39. The van der Waals surface area contributed by atoms with Crippen LogP contribution in [0.15, 0.2) is 42.6 Å². The number of carbonyl (C=O) groups is 1. The zero-order chi connectivity index (χ0) is 14.7. The molecule has 0 bridgehead atoms. The first-order valence-electron chi connectivity index (χ1n) is 7.32. The van der Waals surface area contributed by atoms with E-state index in [1.807, 2.05) is 48.2 Å². The van der Waals surface area contributed by atoms with Gasteiger partial charge in [-0.15, -0.1) is 0 Å². The van der Waals surface area contributed by atoms with Gasteiger partial charge in [0, 0.05) is 25.0 Å². The highest BCUT2D eigenvalue weighted by molar-refractivity contribution is 5.99. The Balaban J connectivity index is 1.87. The average molecular weight is 281 g/mol. The van der Waals surface area contributed by atoms with E-state index in [1.165, 1.54) is 5.56 Å². The molecular formula is C17H19N3O. The summed E-state index contributed by atoms with van der Waals surface area (Å²) < 4.78 is 0. The minimum Gasteiger partial charge on any atom is -0.340 e. The predicted octanol–water partition coefficient (Wildman–Crippen LogP) is 3.37. The fraction of sp³-hybridized carbons (Fsp3) is 0.294. The molecule has 0 radical (unpaired) electrons. The first-order valence-corrected chi connectivity index (χ1v) is 7.32. The molecule has 4 nitrogen and oxygen atoms in total. The summed E-state index contributed by atoms with van der Waals surface area (Å²) in [6.45, 7) is 3.73. The lowest BCUT2D eigenvalue weighted by molar-refractivity contribution is 0.0793. The highest BCUT2D eigenvalue weighted by Gasteiger charge is 2.22. The quantitative estimate of drug-likeness (QED) is 0.938.